The average molecular weight is 421 g/mol. The van der Waals surface area contributed by atoms with E-state index < -0.39 is 0 Å². The van der Waals surface area contributed by atoms with Crippen molar-refractivity contribution in [1.29, 1.82) is 0 Å². The third-order valence-corrected chi connectivity index (χ3v) is 5.96. The number of ketones is 1. The number of Topliss-reactive ketones (excluding diaryl/α,β-unsaturated/α-hetero) is 1. The summed E-state index contributed by atoms with van der Waals surface area (Å²) in [4.78, 5) is 39.1. The van der Waals surface area contributed by atoms with Crippen LogP contribution in [0.3, 0.4) is 0 Å². The standard InChI is InChI=1S/C26H32N2O3/c1-18(2)20-8-10-22(11-9-20)26(31)27-23-14-16-28(17-15-23)25(30)13-12-24(29)21-6-4-19(3)5-7-21/h4-11,18,23H,12-17H2,1-3H3,(H,27,31). The Morgan fingerprint density at radius 2 is 1.48 bits per heavy atom. The number of rotatable bonds is 7. The topological polar surface area (TPSA) is 66.5 Å². The molecule has 0 aliphatic carbocycles. The molecule has 0 atom stereocenters. The number of benzene rings is 2. The highest BCUT2D eigenvalue weighted by molar-refractivity contribution is 5.98. The highest BCUT2D eigenvalue weighted by Gasteiger charge is 2.24. The van der Waals surface area contributed by atoms with Gasteiger partial charge in [-0.3, -0.25) is 14.4 Å². The smallest absolute Gasteiger partial charge is 0.251 e. The number of carbonyl (C=O) groups is 3. The van der Waals surface area contributed by atoms with Crippen LogP contribution < -0.4 is 5.32 Å². The molecule has 1 aliphatic rings. The Labute approximate surface area is 184 Å². The Balaban J connectivity index is 1.42. The lowest BCUT2D eigenvalue weighted by Crippen LogP contribution is -2.46. The fourth-order valence-corrected chi connectivity index (χ4v) is 3.82. The van der Waals surface area contributed by atoms with Crippen molar-refractivity contribution in [3.05, 3.63) is 70.8 Å². The molecule has 0 radical (unpaired) electrons. The van der Waals surface area contributed by atoms with Crippen molar-refractivity contribution in [1.82, 2.24) is 10.2 Å². The molecule has 3 rings (SSSR count). The Kier molecular flexibility index (Phi) is 7.61. The Morgan fingerprint density at radius 3 is 2.06 bits per heavy atom. The molecule has 0 saturated carbocycles. The van der Waals surface area contributed by atoms with Gasteiger partial charge in [0.2, 0.25) is 5.91 Å². The molecule has 5 nitrogen and oxygen atoms in total. The second kappa shape index (κ2) is 10.4. The molecule has 2 aromatic carbocycles. The monoisotopic (exact) mass is 420 g/mol. The number of hydrogen-bond donors (Lipinski definition) is 1. The summed E-state index contributed by atoms with van der Waals surface area (Å²) in [6.07, 6.45) is 1.91. The first-order valence-electron chi connectivity index (χ1n) is 11.1. The highest BCUT2D eigenvalue weighted by atomic mass is 16.2. The summed E-state index contributed by atoms with van der Waals surface area (Å²) in [7, 11) is 0. The number of carbonyl (C=O) groups excluding carboxylic acids is 3. The third-order valence-electron chi connectivity index (χ3n) is 5.96. The van der Waals surface area contributed by atoms with Crippen molar-refractivity contribution < 1.29 is 14.4 Å². The van der Waals surface area contributed by atoms with Crippen molar-refractivity contribution in [3.8, 4) is 0 Å². The molecule has 164 valence electrons. The van der Waals surface area contributed by atoms with Crippen molar-refractivity contribution in [2.24, 2.45) is 0 Å². The summed E-state index contributed by atoms with van der Waals surface area (Å²) >= 11 is 0. The maximum absolute atomic E-state index is 12.5. The van der Waals surface area contributed by atoms with E-state index in [1.165, 1.54) is 5.56 Å². The lowest BCUT2D eigenvalue weighted by molar-refractivity contribution is -0.132. The minimum atomic E-state index is -0.0659. The van der Waals surface area contributed by atoms with Gasteiger partial charge >= 0.3 is 0 Å². The summed E-state index contributed by atoms with van der Waals surface area (Å²) in [5.41, 5.74) is 3.64. The van der Waals surface area contributed by atoms with Crippen LogP contribution in [-0.4, -0.2) is 41.6 Å². The van der Waals surface area contributed by atoms with E-state index in [2.05, 4.69) is 19.2 Å². The molecular weight excluding hydrogens is 388 g/mol. The predicted molar refractivity (Wildman–Crippen MR) is 122 cm³/mol. The van der Waals surface area contributed by atoms with Crippen LogP contribution in [0.4, 0.5) is 0 Å². The van der Waals surface area contributed by atoms with E-state index in [9.17, 15) is 14.4 Å². The maximum Gasteiger partial charge on any atom is 0.251 e. The summed E-state index contributed by atoms with van der Waals surface area (Å²) < 4.78 is 0. The van der Waals surface area contributed by atoms with E-state index in [0.717, 1.165) is 18.4 Å². The zero-order valence-corrected chi connectivity index (χ0v) is 18.7. The van der Waals surface area contributed by atoms with E-state index in [4.69, 9.17) is 0 Å². The number of hydrogen-bond acceptors (Lipinski definition) is 3. The molecule has 31 heavy (non-hydrogen) atoms. The van der Waals surface area contributed by atoms with Gasteiger partial charge in [0.15, 0.2) is 5.78 Å². The van der Waals surface area contributed by atoms with Gasteiger partial charge in [0.1, 0.15) is 0 Å². The van der Waals surface area contributed by atoms with Gasteiger partial charge in [-0.2, -0.15) is 0 Å². The number of nitrogens with zero attached hydrogens (tertiary/aromatic N) is 1. The predicted octanol–water partition coefficient (Wildman–Crippen LogP) is 4.50. The lowest BCUT2D eigenvalue weighted by Gasteiger charge is -2.32. The summed E-state index contributed by atoms with van der Waals surface area (Å²) in [6.45, 7) is 7.45. The lowest BCUT2D eigenvalue weighted by atomic mass is 10.0. The Morgan fingerprint density at radius 1 is 0.903 bits per heavy atom. The first kappa shape index (κ1) is 22.7. The largest absolute Gasteiger partial charge is 0.349 e. The molecule has 1 aliphatic heterocycles. The fraction of sp³-hybridized carbons (Fsp3) is 0.423. The van der Waals surface area contributed by atoms with Gasteiger partial charge in [-0.05, 0) is 43.4 Å². The molecule has 0 unspecified atom stereocenters. The van der Waals surface area contributed by atoms with Crippen LogP contribution in [0, 0.1) is 6.92 Å². The molecule has 2 aromatic rings. The SMILES string of the molecule is Cc1ccc(C(=O)CCC(=O)N2CCC(NC(=O)c3ccc(C(C)C)cc3)CC2)cc1. The summed E-state index contributed by atoms with van der Waals surface area (Å²) in [6, 6.07) is 15.2. The van der Waals surface area contributed by atoms with Gasteiger partial charge in [0.05, 0.1) is 0 Å². The molecule has 0 bridgehead atoms. The third kappa shape index (κ3) is 6.27. The van der Waals surface area contributed by atoms with Gasteiger partial charge < -0.3 is 10.2 Å². The molecule has 1 N–H and O–H groups in total. The van der Waals surface area contributed by atoms with Crippen molar-refractivity contribution in [3.63, 3.8) is 0 Å². The number of piperidine rings is 1. The van der Waals surface area contributed by atoms with Crippen LogP contribution in [-0.2, 0) is 4.79 Å². The number of aryl methyl sites for hydroxylation is 1. The van der Waals surface area contributed by atoms with E-state index in [1.54, 1.807) is 0 Å². The number of likely N-dealkylation sites (tertiary alicyclic amines) is 1. The van der Waals surface area contributed by atoms with E-state index in [1.807, 2.05) is 60.4 Å². The minimum absolute atomic E-state index is 0.000940. The molecule has 2 amide bonds. The number of nitrogens with one attached hydrogen (secondary N) is 1. The normalized spacial score (nSPS) is 14.5. The molecule has 1 saturated heterocycles. The van der Waals surface area contributed by atoms with Crippen LogP contribution in [0.25, 0.3) is 0 Å². The van der Waals surface area contributed by atoms with E-state index in [0.29, 0.717) is 30.1 Å². The highest BCUT2D eigenvalue weighted by Crippen LogP contribution is 2.17. The Hall–Kier alpha value is -2.95. The number of amides is 2. The first-order valence-corrected chi connectivity index (χ1v) is 11.1. The zero-order chi connectivity index (χ0) is 22.4. The zero-order valence-electron chi connectivity index (χ0n) is 18.7. The second-order valence-electron chi connectivity index (χ2n) is 8.69. The van der Waals surface area contributed by atoms with Crippen molar-refractivity contribution >= 4 is 17.6 Å². The van der Waals surface area contributed by atoms with E-state index >= 15 is 0 Å². The minimum Gasteiger partial charge on any atom is -0.349 e. The van der Waals surface area contributed by atoms with Crippen LogP contribution >= 0.6 is 0 Å². The van der Waals surface area contributed by atoms with Gasteiger partial charge in [-0.1, -0.05) is 55.8 Å². The van der Waals surface area contributed by atoms with Crippen LogP contribution in [0.1, 0.15) is 77.3 Å². The maximum atomic E-state index is 12.5. The average Bonchev–Trinajstić information content (AvgIpc) is 2.78. The molecule has 5 heteroatoms. The van der Waals surface area contributed by atoms with Gasteiger partial charge in [0, 0.05) is 43.1 Å². The Bertz CT molecular complexity index is 909. The fourth-order valence-electron chi connectivity index (χ4n) is 3.82. The molecule has 1 fully saturated rings. The molecular formula is C26H32N2O3. The van der Waals surface area contributed by atoms with Crippen molar-refractivity contribution in [2.75, 3.05) is 13.1 Å². The van der Waals surface area contributed by atoms with Crippen LogP contribution in [0.15, 0.2) is 48.5 Å². The summed E-state index contributed by atoms with van der Waals surface area (Å²) in [5, 5.41) is 3.09. The molecule has 0 aromatic heterocycles. The molecule has 1 heterocycles. The quantitative estimate of drug-likeness (QED) is 0.671. The van der Waals surface area contributed by atoms with Gasteiger partial charge in [-0.25, -0.2) is 0 Å². The molecule has 0 spiro atoms. The van der Waals surface area contributed by atoms with E-state index in [-0.39, 0.29) is 36.5 Å². The van der Waals surface area contributed by atoms with Gasteiger partial charge in [-0.15, -0.1) is 0 Å². The first-order chi connectivity index (χ1) is 14.8. The van der Waals surface area contributed by atoms with Gasteiger partial charge in [0.25, 0.3) is 5.91 Å². The second-order valence-corrected chi connectivity index (χ2v) is 8.69. The summed E-state index contributed by atoms with van der Waals surface area (Å²) in [5.74, 6) is 0.378. The van der Waals surface area contributed by atoms with Crippen LogP contribution in [0.2, 0.25) is 0 Å². The van der Waals surface area contributed by atoms with Crippen molar-refractivity contribution in [2.45, 2.75) is 58.4 Å². The van der Waals surface area contributed by atoms with Crippen LogP contribution in [0.5, 0.6) is 0 Å².